The predicted octanol–water partition coefficient (Wildman–Crippen LogP) is 5.21. The Balaban J connectivity index is 1.97. The van der Waals surface area contributed by atoms with Gasteiger partial charge >= 0.3 is 12.3 Å². The molecule has 7 nitrogen and oxygen atoms in total. The van der Waals surface area contributed by atoms with E-state index in [9.17, 15) is 27.9 Å². The molecule has 4 rings (SSSR count). The van der Waals surface area contributed by atoms with Crippen molar-refractivity contribution in [2.45, 2.75) is 45.1 Å². The minimum Gasteiger partial charge on any atom is -0.545 e. The molecule has 0 saturated carbocycles. The van der Waals surface area contributed by atoms with Crippen LogP contribution in [0.15, 0.2) is 36.4 Å². The minimum atomic E-state index is -5.02. The second-order valence-electron chi connectivity index (χ2n) is 9.43. The van der Waals surface area contributed by atoms with Crippen LogP contribution in [0.2, 0.25) is 0 Å². The van der Waals surface area contributed by atoms with Crippen molar-refractivity contribution in [3.8, 4) is 5.75 Å². The molecule has 2 heterocycles. The summed E-state index contributed by atoms with van der Waals surface area (Å²) in [6.07, 6.45) is -5.76. The molecule has 0 bridgehead atoms. The molecule has 1 aliphatic heterocycles. The van der Waals surface area contributed by atoms with Crippen LogP contribution in [-0.2, 0) is 17.5 Å². The van der Waals surface area contributed by atoms with E-state index in [-0.39, 0.29) is 46.9 Å². The van der Waals surface area contributed by atoms with E-state index in [4.69, 9.17) is 21.1 Å². The Morgan fingerprint density at radius 3 is 2.42 bits per heavy atom. The van der Waals surface area contributed by atoms with E-state index in [0.717, 1.165) is 5.56 Å². The van der Waals surface area contributed by atoms with Crippen molar-refractivity contribution in [2.75, 3.05) is 17.3 Å². The third-order valence-corrected chi connectivity index (χ3v) is 6.06. The molecule has 1 aromatic heterocycles. The van der Waals surface area contributed by atoms with Crippen LogP contribution < -0.4 is 14.7 Å². The highest BCUT2D eigenvalue weighted by Crippen LogP contribution is 2.49. The monoisotopic (exact) mass is 523 g/mol. The molecule has 11 heteroatoms. The molecule has 0 fully saturated rings. The van der Waals surface area contributed by atoms with Gasteiger partial charge in [0, 0.05) is 35.4 Å². The summed E-state index contributed by atoms with van der Waals surface area (Å²) in [5.74, 6) is -2.81. The molecule has 1 amide bonds. The summed E-state index contributed by atoms with van der Waals surface area (Å²) in [6, 6.07) is 10.3. The molecule has 1 N–H and O–H groups in total. The maximum Gasteiger partial charge on any atom is 0.431 e. The largest absolute Gasteiger partial charge is 0.545 e. The number of carboxylic acid groups (broad SMARTS) is 1. The number of fused-ring (bicyclic) bond motifs is 3. The van der Waals surface area contributed by atoms with E-state index in [2.05, 4.69) is 4.98 Å². The van der Waals surface area contributed by atoms with Crippen LogP contribution in [-0.4, -0.2) is 35.1 Å². The summed E-state index contributed by atoms with van der Waals surface area (Å²) in [6.45, 7) is 5.00. The quantitative estimate of drug-likeness (QED) is 0.463. The van der Waals surface area contributed by atoms with Crippen LogP contribution in [0.4, 0.5) is 23.7 Å². The van der Waals surface area contributed by atoms with Crippen molar-refractivity contribution in [1.29, 1.82) is 0 Å². The van der Waals surface area contributed by atoms with Gasteiger partial charge in [-0.1, -0.05) is 30.3 Å². The first-order chi connectivity index (χ1) is 16.8. The standard InChI is InChI=1S/C25H24ClF3N2O5/c1-24(2,3)36-23(34)31-11-14(10-26)17-15(31)9-16(35-12-13-7-5-4-6-8-13)20-18(17)19(22(32)33)21(30-20)25(27,28)29/h4-9,14,30H,10-12H2,1-3H3,(H,32,33)/p-1/t14-/m1/s1. The SMILES string of the molecule is CC(C)(C)OC(=O)N1C[C@@H](CCl)c2c1cc(OCc1ccccc1)c1[nH]c(C(F)(F)F)c(C(=O)[O-])c21. The Hall–Kier alpha value is -3.40. The van der Waals surface area contributed by atoms with Gasteiger partial charge < -0.3 is 24.4 Å². The maximum atomic E-state index is 13.9. The first kappa shape index (κ1) is 25.7. The van der Waals surface area contributed by atoms with Crippen LogP contribution in [0.3, 0.4) is 0 Å². The summed E-state index contributed by atoms with van der Waals surface area (Å²) in [7, 11) is 0. The number of nitrogens with zero attached hydrogens (tertiary/aromatic N) is 1. The number of aromatic carboxylic acids is 1. The number of carboxylic acids is 1. The van der Waals surface area contributed by atoms with Crippen LogP contribution >= 0.6 is 11.6 Å². The number of carbonyl (C=O) groups is 2. The molecule has 0 spiro atoms. The summed E-state index contributed by atoms with van der Waals surface area (Å²) in [5.41, 5.74) is -2.46. The Morgan fingerprint density at radius 2 is 1.86 bits per heavy atom. The van der Waals surface area contributed by atoms with E-state index < -0.39 is 41.0 Å². The highest BCUT2D eigenvalue weighted by atomic mass is 35.5. The number of hydrogen-bond donors (Lipinski definition) is 1. The number of anilines is 1. The molecule has 0 saturated heterocycles. The lowest BCUT2D eigenvalue weighted by atomic mass is 9.95. The number of alkyl halides is 4. The lowest BCUT2D eigenvalue weighted by Crippen LogP contribution is -2.36. The molecule has 36 heavy (non-hydrogen) atoms. The first-order valence-corrected chi connectivity index (χ1v) is 11.6. The van der Waals surface area contributed by atoms with Gasteiger partial charge in [-0.05, 0) is 31.9 Å². The van der Waals surface area contributed by atoms with Crippen LogP contribution in [0.25, 0.3) is 10.9 Å². The number of halogens is 4. The highest BCUT2D eigenvalue weighted by molar-refractivity contribution is 6.19. The molecule has 0 radical (unpaired) electrons. The number of benzene rings is 2. The van der Waals surface area contributed by atoms with Gasteiger partial charge in [-0.25, -0.2) is 4.79 Å². The van der Waals surface area contributed by atoms with Gasteiger partial charge in [0.25, 0.3) is 0 Å². The van der Waals surface area contributed by atoms with E-state index >= 15 is 0 Å². The maximum absolute atomic E-state index is 13.9. The van der Waals surface area contributed by atoms with E-state index in [1.165, 1.54) is 11.0 Å². The predicted molar refractivity (Wildman–Crippen MR) is 125 cm³/mol. The van der Waals surface area contributed by atoms with Crippen molar-refractivity contribution in [1.82, 2.24) is 4.98 Å². The van der Waals surface area contributed by atoms with Gasteiger partial charge in [-0.3, -0.25) is 4.90 Å². The number of aromatic nitrogens is 1. The average molecular weight is 524 g/mol. The summed E-state index contributed by atoms with van der Waals surface area (Å²) in [4.78, 5) is 28.5. The zero-order valence-electron chi connectivity index (χ0n) is 19.7. The van der Waals surface area contributed by atoms with Crippen LogP contribution in [0, 0.1) is 0 Å². The Morgan fingerprint density at radius 1 is 1.19 bits per heavy atom. The lowest BCUT2D eigenvalue weighted by molar-refractivity contribution is -0.255. The third-order valence-electron chi connectivity index (χ3n) is 5.69. The van der Waals surface area contributed by atoms with Crippen molar-refractivity contribution in [3.63, 3.8) is 0 Å². The first-order valence-electron chi connectivity index (χ1n) is 11.1. The zero-order valence-corrected chi connectivity index (χ0v) is 20.4. The number of carbonyl (C=O) groups excluding carboxylic acids is 2. The van der Waals surface area contributed by atoms with Gasteiger partial charge in [0.2, 0.25) is 0 Å². The average Bonchev–Trinajstić information content (AvgIpc) is 3.36. The second-order valence-corrected chi connectivity index (χ2v) is 9.74. The number of aromatic amines is 1. The van der Waals surface area contributed by atoms with Gasteiger partial charge in [0.05, 0.1) is 17.2 Å². The molecule has 0 unspecified atom stereocenters. The number of nitrogens with one attached hydrogen (secondary N) is 1. The number of rotatable bonds is 5. The summed E-state index contributed by atoms with van der Waals surface area (Å²) in [5, 5.41) is 11.8. The van der Waals surface area contributed by atoms with E-state index in [1.807, 2.05) is 0 Å². The van der Waals surface area contributed by atoms with Gasteiger partial charge in [0.15, 0.2) is 0 Å². The van der Waals surface area contributed by atoms with Crippen molar-refractivity contribution < 1.29 is 37.3 Å². The molecular weight excluding hydrogens is 501 g/mol. The molecule has 192 valence electrons. The number of H-pyrrole nitrogens is 1. The summed E-state index contributed by atoms with van der Waals surface area (Å²) < 4.78 is 53.0. The van der Waals surface area contributed by atoms with Crippen LogP contribution in [0.5, 0.6) is 5.75 Å². The topological polar surface area (TPSA) is 94.7 Å². The smallest absolute Gasteiger partial charge is 0.431 e. The van der Waals surface area contributed by atoms with Crippen LogP contribution in [0.1, 0.15) is 53.9 Å². The van der Waals surface area contributed by atoms with Crippen molar-refractivity contribution >= 4 is 40.3 Å². The molecular formula is C25H23ClF3N2O5-. The highest BCUT2D eigenvalue weighted by Gasteiger charge is 2.42. The third kappa shape index (κ3) is 4.82. The zero-order chi connectivity index (χ0) is 26.4. The Kier molecular flexibility index (Phi) is 6.59. The fourth-order valence-corrected chi connectivity index (χ4v) is 4.54. The molecule has 3 aromatic rings. The fourth-order valence-electron chi connectivity index (χ4n) is 4.28. The second kappa shape index (κ2) is 9.24. The Bertz CT molecular complexity index is 1320. The summed E-state index contributed by atoms with van der Waals surface area (Å²) >= 11 is 6.14. The van der Waals surface area contributed by atoms with Crippen molar-refractivity contribution in [2.24, 2.45) is 0 Å². The van der Waals surface area contributed by atoms with Crippen molar-refractivity contribution in [3.05, 3.63) is 58.8 Å². The Labute approximate surface area is 209 Å². The molecule has 1 atom stereocenters. The van der Waals surface area contributed by atoms with E-state index in [0.29, 0.717) is 0 Å². The number of hydrogen-bond acceptors (Lipinski definition) is 5. The number of amides is 1. The van der Waals surface area contributed by atoms with Gasteiger partial charge in [0.1, 0.15) is 23.7 Å². The number of ether oxygens (including phenoxy) is 2. The van der Waals surface area contributed by atoms with E-state index in [1.54, 1.807) is 51.1 Å². The van der Waals surface area contributed by atoms with Gasteiger partial charge in [-0.15, -0.1) is 11.6 Å². The normalized spacial score (nSPS) is 15.8. The molecule has 1 aliphatic rings. The molecule has 2 aromatic carbocycles. The minimum absolute atomic E-state index is 0.00992. The lowest BCUT2D eigenvalue weighted by Gasteiger charge is -2.25. The fraction of sp³-hybridized carbons (Fsp3) is 0.360. The van der Waals surface area contributed by atoms with Gasteiger partial charge in [-0.2, -0.15) is 13.2 Å². The molecule has 0 aliphatic carbocycles.